The molecule has 0 amide bonds. The minimum Gasteiger partial charge on any atom is -0.388 e. The summed E-state index contributed by atoms with van der Waals surface area (Å²) < 4.78 is 37.7. The molecule has 108 valence electrons. The highest BCUT2D eigenvalue weighted by atomic mass is 35.5. The van der Waals surface area contributed by atoms with E-state index in [-0.39, 0.29) is 17.5 Å². The number of aromatic nitrogens is 1. The summed E-state index contributed by atoms with van der Waals surface area (Å²) in [6.07, 6.45) is -3.17. The van der Waals surface area contributed by atoms with Gasteiger partial charge in [-0.1, -0.05) is 24.9 Å². The average molecular weight is 297 g/mol. The van der Waals surface area contributed by atoms with Crippen LogP contribution in [-0.2, 0) is 6.18 Å². The van der Waals surface area contributed by atoms with Crippen molar-refractivity contribution in [2.75, 3.05) is 11.9 Å². The third-order valence-corrected chi connectivity index (χ3v) is 2.75. The van der Waals surface area contributed by atoms with Crippen LogP contribution >= 0.6 is 11.6 Å². The molecule has 0 aliphatic heterocycles. The van der Waals surface area contributed by atoms with Crippen LogP contribution in [0, 0.1) is 0 Å². The van der Waals surface area contributed by atoms with Crippen molar-refractivity contribution in [2.24, 2.45) is 0 Å². The molecule has 1 aromatic heterocycles. The summed E-state index contributed by atoms with van der Waals surface area (Å²) in [5.74, 6) is -0.00352. The van der Waals surface area contributed by atoms with Crippen LogP contribution in [0.1, 0.15) is 32.3 Å². The molecule has 1 unspecified atom stereocenters. The van der Waals surface area contributed by atoms with Crippen LogP contribution in [-0.4, -0.2) is 22.2 Å². The maximum atomic E-state index is 12.6. The molecular weight excluding hydrogens is 281 g/mol. The minimum atomic E-state index is -4.48. The van der Waals surface area contributed by atoms with Gasteiger partial charge in [0.1, 0.15) is 11.0 Å². The highest BCUT2D eigenvalue weighted by Crippen LogP contribution is 2.32. The fraction of sp³-hybridized carbons (Fsp3) is 0.583. The molecule has 19 heavy (non-hydrogen) atoms. The number of hydrogen-bond donors (Lipinski definition) is 2. The van der Waals surface area contributed by atoms with Gasteiger partial charge in [0.2, 0.25) is 0 Å². The number of halogens is 4. The van der Waals surface area contributed by atoms with E-state index in [2.05, 4.69) is 10.3 Å². The highest BCUT2D eigenvalue weighted by molar-refractivity contribution is 6.29. The Kier molecular flexibility index (Phi) is 5.04. The van der Waals surface area contributed by atoms with Gasteiger partial charge in [-0.05, 0) is 25.5 Å². The number of anilines is 1. The van der Waals surface area contributed by atoms with Crippen LogP contribution in [0.25, 0.3) is 0 Å². The zero-order valence-corrected chi connectivity index (χ0v) is 11.4. The lowest BCUT2D eigenvalue weighted by atomic mass is 10.0. The third-order valence-electron chi connectivity index (χ3n) is 2.56. The second-order valence-electron chi connectivity index (χ2n) is 4.66. The first-order valence-corrected chi connectivity index (χ1v) is 6.23. The fourth-order valence-electron chi connectivity index (χ4n) is 1.66. The Morgan fingerprint density at radius 3 is 2.53 bits per heavy atom. The molecule has 0 fully saturated rings. The Bertz CT molecular complexity index is 435. The van der Waals surface area contributed by atoms with Crippen molar-refractivity contribution in [2.45, 2.75) is 38.5 Å². The number of alkyl halides is 3. The van der Waals surface area contributed by atoms with Crippen LogP contribution in [0.15, 0.2) is 12.1 Å². The molecule has 1 aromatic rings. The lowest BCUT2D eigenvalue weighted by Gasteiger charge is -2.23. The normalized spacial score (nSPS) is 15.1. The predicted octanol–water partition coefficient (Wildman–Crippen LogP) is 3.72. The molecule has 0 saturated heterocycles. The van der Waals surface area contributed by atoms with E-state index in [0.29, 0.717) is 6.42 Å². The molecule has 7 heteroatoms. The molecule has 0 radical (unpaired) electrons. The summed E-state index contributed by atoms with van der Waals surface area (Å²) in [6, 6.07) is 1.63. The maximum Gasteiger partial charge on any atom is 0.416 e. The summed E-state index contributed by atoms with van der Waals surface area (Å²) >= 11 is 5.55. The molecule has 0 aliphatic rings. The van der Waals surface area contributed by atoms with Gasteiger partial charge in [0.05, 0.1) is 11.2 Å². The first kappa shape index (κ1) is 16.0. The van der Waals surface area contributed by atoms with E-state index in [4.69, 9.17) is 11.6 Å². The number of nitrogens with one attached hydrogen (secondary N) is 1. The van der Waals surface area contributed by atoms with Gasteiger partial charge >= 0.3 is 6.18 Å². The van der Waals surface area contributed by atoms with Gasteiger partial charge in [0, 0.05) is 6.54 Å². The Labute approximate surface area is 114 Å². The summed E-state index contributed by atoms with van der Waals surface area (Å²) in [4.78, 5) is 3.75. The van der Waals surface area contributed by atoms with Crippen LogP contribution < -0.4 is 5.32 Å². The van der Waals surface area contributed by atoms with Gasteiger partial charge in [-0.25, -0.2) is 4.98 Å². The van der Waals surface area contributed by atoms with Gasteiger partial charge in [-0.2, -0.15) is 13.2 Å². The first-order chi connectivity index (χ1) is 8.64. The van der Waals surface area contributed by atoms with Gasteiger partial charge in [0.15, 0.2) is 0 Å². The van der Waals surface area contributed by atoms with E-state index in [1.807, 2.05) is 6.92 Å². The maximum absolute atomic E-state index is 12.6. The minimum absolute atomic E-state index is 0.00352. The van der Waals surface area contributed by atoms with Gasteiger partial charge < -0.3 is 10.4 Å². The zero-order valence-electron chi connectivity index (χ0n) is 10.7. The molecule has 1 atom stereocenters. The molecule has 0 bridgehead atoms. The van der Waals surface area contributed by atoms with E-state index in [1.54, 1.807) is 6.92 Å². The van der Waals surface area contributed by atoms with E-state index >= 15 is 0 Å². The fourth-order valence-corrected chi connectivity index (χ4v) is 1.87. The van der Waals surface area contributed by atoms with E-state index in [9.17, 15) is 18.3 Å². The zero-order chi connectivity index (χ0) is 14.7. The average Bonchev–Trinajstić information content (AvgIpc) is 2.24. The van der Waals surface area contributed by atoms with E-state index in [0.717, 1.165) is 18.6 Å². The quantitative estimate of drug-likeness (QED) is 0.814. The standard InChI is InChI=1S/C12H16ClF3N2O/c1-3-4-11(2,19)7-17-10-6-8(12(14,15)16)5-9(13)18-10/h5-6,19H,3-4,7H2,1-2H3,(H,17,18). The summed E-state index contributed by atoms with van der Waals surface area (Å²) in [7, 11) is 0. The van der Waals surface area contributed by atoms with Crippen molar-refractivity contribution in [3.63, 3.8) is 0 Å². The van der Waals surface area contributed by atoms with E-state index in [1.165, 1.54) is 0 Å². The third kappa shape index (κ3) is 5.24. The van der Waals surface area contributed by atoms with Crippen LogP contribution in [0.5, 0.6) is 0 Å². The largest absolute Gasteiger partial charge is 0.416 e. The lowest BCUT2D eigenvalue weighted by molar-refractivity contribution is -0.137. The summed E-state index contributed by atoms with van der Waals surface area (Å²) in [6.45, 7) is 3.62. The molecule has 1 heterocycles. The van der Waals surface area contributed by atoms with Crippen molar-refractivity contribution in [3.05, 3.63) is 22.8 Å². The number of pyridine rings is 1. The van der Waals surface area contributed by atoms with Crippen molar-refractivity contribution < 1.29 is 18.3 Å². The number of hydrogen-bond acceptors (Lipinski definition) is 3. The number of nitrogens with zero attached hydrogens (tertiary/aromatic N) is 1. The molecule has 0 saturated carbocycles. The number of rotatable bonds is 5. The Hall–Kier alpha value is -1.01. The topological polar surface area (TPSA) is 45.1 Å². The Morgan fingerprint density at radius 1 is 1.37 bits per heavy atom. The van der Waals surface area contributed by atoms with E-state index < -0.39 is 17.3 Å². The highest BCUT2D eigenvalue weighted by Gasteiger charge is 2.31. The summed E-state index contributed by atoms with van der Waals surface area (Å²) in [5.41, 5.74) is -1.87. The molecular formula is C12H16ClF3N2O. The van der Waals surface area contributed by atoms with Crippen molar-refractivity contribution in [3.8, 4) is 0 Å². The monoisotopic (exact) mass is 296 g/mol. The van der Waals surface area contributed by atoms with Gasteiger partial charge in [0.25, 0.3) is 0 Å². The lowest BCUT2D eigenvalue weighted by Crippen LogP contribution is -2.33. The van der Waals surface area contributed by atoms with Crippen LogP contribution in [0.4, 0.5) is 19.0 Å². The first-order valence-electron chi connectivity index (χ1n) is 5.85. The molecule has 3 nitrogen and oxygen atoms in total. The Balaban J connectivity index is 2.82. The predicted molar refractivity (Wildman–Crippen MR) is 68.3 cm³/mol. The molecule has 0 aliphatic carbocycles. The van der Waals surface area contributed by atoms with Crippen molar-refractivity contribution >= 4 is 17.4 Å². The van der Waals surface area contributed by atoms with Crippen LogP contribution in [0.2, 0.25) is 5.15 Å². The van der Waals surface area contributed by atoms with Crippen LogP contribution in [0.3, 0.4) is 0 Å². The second-order valence-corrected chi connectivity index (χ2v) is 5.05. The van der Waals surface area contributed by atoms with Crippen molar-refractivity contribution in [1.82, 2.24) is 4.98 Å². The van der Waals surface area contributed by atoms with Gasteiger partial charge in [-0.3, -0.25) is 0 Å². The molecule has 0 aromatic carbocycles. The molecule has 2 N–H and O–H groups in total. The second kappa shape index (κ2) is 5.96. The SMILES string of the molecule is CCCC(C)(O)CNc1cc(C(F)(F)F)cc(Cl)n1. The molecule has 1 rings (SSSR count). The van der Waals surface area contributed by atoms with Crippen molar-refractivity contribution in [1.29, 1.82) is 0 Å². The van der Waals surface area contributed by atoms with Gasteiger partial charge in [-0.15, -0.1) is 0 Å². The Morgan fingerprint density at radius 2 is 2.00 bits per heavy atom. The summed E-state index contributed by atoms with van der Waals surface area (Å²) in [5, 5.41) is 12.4. The number of aliphatic hydroxyl groups is 1. The smallest absolute Gasteiger partial charge is 0.388 e. The molecule has 0 spiro atoms.